The van der Waals surface area contributed by atoms with E-state index in [0.29, 0.717) is 16.7 Å². The van der Waals surface area contributed by atoms with Gasteiger partial charge in [0.05, 0.1) is 13.0 Å². The Kier molecular flexibility index (Phi) is 5.98. The maximum atomic E-state index is 10.9. The van der Waals surface area contributed by atoms with Gasteiger partial charge in [0.15, 0.2) is 0 Å². The normalized spacial score (nSPS) is 28.0. The van der Waals surface area contributed by atoms with Crippen molar-refractivity contribution in [2.45, 2.75) is 71.6 Å². The molecule has 0 bridgehead atoms. The second-order valence-electron chi connectivity index (χ2n) is 9.32. The zero-order valence-electron chi connectivity index (χ0n) is 17.0. The predicted octanol–water partition coefficient (Wildman–Crippen LogP) is 6.20. The topological polar surface area (TPSA) is 46.5 Å². The minimum Gasteiger partial charge on any atom is -0.493 e. The summed E-state index contributed by atoms with van der Waals surface area (Å²) in [6.07, 6.45) is 12.6. The first-order valence-corrected chi connectivity index (χ1v) is 10.4. The maximum Gasteiger partial charge on any atom is 0.303 e. The van der Waals surface area contributed by atoms with Crippen molar-refractivity contribution in [3.05, 3.63) is 42.0 Å². The lowest BCUT2D eigenvalue weighted by Crippen LogP contribution is -2.42. The van der Waals surface area contributed by atoms with Crippen molar-refractivity contribution in [2.75, 3.05) is 6.61 Å². The molecule has 2 aliphatic carbocycles. The van der Waals surface area contributed by atoms with Crippen LogP contribution in [0.15, 0.2) is 36.4 Å². The van der Waals surface area contributed by atoms with E-state index in [4.69, 9.17) is 9.84 Å². The molecule has 3 heteroatoms. The van der Waals surface area contributed by atoms with Crippen molar-refractivity contribution in [1.82, 2.24) is 0 Å². The Bertz CT molecular complexity index is 673. The standard InChI is InChI=1S/C24H34O3/c1-18(15-22(25)26)20-8-10-21(11-9-20)27-17-19-7-6-14-24(16-19)13-5-4-12-23(24,2)3/h5,8-11,13,18-19H,4,6-7,12,14-17H2,1-3H3,(H,25,26)/t18-,19?,24?/m0/s1. The van der Waals surface area contributed by atoms with Crippen LogP contribution in [-0.2, 0) is 4.79 Å². The van der Waals surface area contributed by atoms with Gasteiger partial charge in [-0.1, -0.05) is 51.5 Å². The summed E-state index contributed by atoms with van der Waals surface area (Å²) < 4.78 is 6.12. The number of ether oxygens (including phenoxy) is 1. The van der Waals surface area contributed by atoms with E-state index < -0.39 is 5.97 Å². The lowest BCUT2D eigenvalue weighted by atomic mass is 9.53. The summed E-state index contributed by atoms with van der Waals surface area (Å²) in [6.45, 7) is 7.61. The van der Waals surface area contributed by atoms with Gasteiger partial charge in [0.2, 0.25) is 0 Å². The highest BCUT2D eigenvalue weighted by molar-refractivity contribution is 5.67. The van der Waals surface area contributed by atoms with Gasteiger partial charge in [-0.2, -0.15) is 0 Å². The maximum absolute atomic E-state index is 10.9. The molecule has 3 atom stereocenters. The molecule has 1 aromatic carbocycles. The van der Waals surface area contributed by atoms with E-state index in [-0.39, 0.29) is 12.3 Å². The van der Waals surface area contributed by atoms with Gasteiger partial charge in [-0.25, -0.2) is 0 Å². The number of carboxylic acid groups (broad SMARTS) is 1. The summed E-state index contributed by atoms with van der Waals surface area (Å²) in [7, 11) is 0. The lowest BCUT2D eigenvalue weighted by Gasteiger charge is -2.51. The Balaban J connectivity index is 1.58. The number of allylic oxidation sites excluding steroid dienone is 2. The molecule has 3 rings (SSSR count). The van der Waals surface area contributed by atoms with Crippen molar-refractivity contribution >= 4 is 5.97 Å². The van der Waals surface area contributed by atoms with E-state index in [9.17, 15) is 4.79 Å². The van der Waals surface area contributed by atoms with Gasteiger partial charge in [0, 0.05) is 0 Å². The summed E-state index contributed by atoms with van der Waals surface area (Å²) >= 11 is 0. The van der Waals surface area contributed by atoms with Gasteiger partial charge >= 0.3 is 5.97 Å². The molecule has 148 valence electrons. The van der Waals surface area contributed by atoms with Crippen LogP contribution in [0.3, 0.4) is 0 Å². The van der Waals surface area contributed by atoms with Crippen molar-refractivity contribution in [3.8, 4) is 5.75 Å². The molecule has 0 radical (unpaired) electrons. The highest BCUT2D eigenvalue weighted by Crippen LogP contribution is 2.56. The van der Waals surface area contributed by atoms with E-state index in [0.717, 1.165) is 17.9 Å². The Morgan fingerprint density at radius 3 is 2.67 bits per heavy atom. The fourth-order valence-electron chi connectivity index (χ4n) is 5.05. The summed E-state index contributed by atoms with van der Waals surface area (Å²) in [5.41, 5.74) is 1.77. The van der Waals surface area contributed by atoms with Crippen LogP contribution >= 0.6 is 0 Å². The molecule has 1 aromatic rings. The summed E-state index contributed by atoms with van der Waals surface area (Å²) in [6, 6.07) is 7.96. The Morgan fingerprint density at radius 2 is 2.00 bits per heavy atom. The number of hydrogen-bond donors (Lipinski definition) is 1. The molecule has 0 aromatic heterocycles. The third-order valence-electron chi connectivity index (χ3n) is 7.02. The number of hydrogen-bond acceptors (Lipinski definition) is 2. The second kappa shape index (κ2) is 8.08. The Labute approximate surface area is 163 Å². The van der Waals surface area contributed by atoms with Gasteiger partial charge < -0.3 is 9.84 Å². The van der Waals surface area contributed by atoms with Crippen LogP contribution in [0.1, 0.15) is 77.2 Å². The lowest BCUT2D eigenvalue weighted by molar-refractivity contribution is -0.137. The molecule has 3 nitrogen and oxygen atoms in total. The van der Waals surface area contributed by atoms with Crippen LogP contribution in [-0.4, -0.2) is 17.7 Å². The highest BCUT2D eigenvalue weighted by Gasteiger charge is 2.46. The van der Waals surface area contributed by atoms with Crippen LogP contribution in [0.5, 0.6) is 5.75 Å². The van der Waals surface area contributed by atoms with Crippen molar-refractivity contribution in [2.24, 2.45) is 16.7 Å². The van der Waals surface area contributed by atoms with E-state index in [1.807, 2.05) is 31.2 Å². The first kappa shape index (κ1) is 20.0. The Morgan fingerprint density at radius 1 is 1.26 bits per heavy atom. The molecule has 0 heterocycles. The average Bonchev–Trinajstić information content (AvgIpc) is 2.63. The average molecular weight is 371 g/mol. The molecule has 1 N–H and O–H groups in total. The van der Waals surface area contributed by atoms with E-state index in [2.05, 4.69) is 26.0 Å². The molecule has 1 saturated carbocycles. The smallest absolute Gasteiger partial charge is 0.303 e. The van der Waals surface area contributed by atoms with Crippen molar-refractivity contribution in [3.63, 3.8) is 0 Å². The van der Waals surface area contributed by atoms with E-state index in [1.165, 1.54) is 38.5 Å². The minimum atomic E-state index is -0.756. The third-order valence-corrected chi connectivity index (χ3v) is 7.02. The summed E-state index contributed by atoms with van der Waals surface area (Å²) in [4.78, 5) is 10.9. The SMILES string of the molecule is C[C@@H](CC(=O)O)c1ccc(OCC2CCCC3(C=CCCC3(C)C)C2)cc1. The molecule has 2 aliphatic rings. The minimum absolute atomic E-state index is 0.0232. The van der Waals surface area contributed by atoms with Crippen LogP contribution in [0.25, 0.3) is 0 Å². The number of aliphatic carboxylic acids is 1. The third kappa shape index (κ3) is 4.56. The van der Waals surface area contributed by atoms with Gasteiger partial charge in [-0.05, 0) is 72.5 Å². The highest BCUT2D eigenvalue weighted by atomic mass is 16.5. The first-order chi connectivity index (χ1) is 12.8. The van der Waals surface area contributed by atoms with Gasteiger partial charge in [0.1, 0.15) is 5.75 Å². The number of rotatable bonds is 6. The summed E-state index contributed by atoms with van der Waals surface area (Å²) in [5, 5.41) is 8.94. The number of carbonyl (C=O) groups is 1. The molecule has 0 amide bonds. The molecule has 0 aliphatic heterocycles. The van der Waals surface area contributed by atoms with Crippen LogP contribution < -0.4 is 4.74 Å². The van der Waals surface area contributed by atoms with Crippen LogP contribution in [0.4, 0.5) is 0 Å². The fourth-order valence-corrected chi connectivity index (χ4v) is 5.05. The van der Waals surface area contributed by atoms with Crippen LogP contribution in [0.2, 0.25) is 0 Å². The molecular weight excluding hydrogens is 336 g/mol. The molecule has 27 heavy (non-hydrogen) atoms. The Hall–Kier alpha value is -1.77. The van der Waals surface area contributed by atoms with Gasteiger partial charge in [-0.15, -0.1) is 0 Å². The number of carboxylic acids is 1. The molecule has 1 fully saturated rings. The summed E-state index contributed by atoms with van der Waals surface area (Å²) in [5.74, 6) is 0.759. The van der Waals surface area contributed by atoms with Crippen LogP contribution in [0, 0.1) is 16.7 Å². The van der Waals surface area contributed by atoms with Crippen molar-refractivity contribution in [1.29, 1.82) is 0 Å². The quantitative estimate of drug-likeness (QED) is 0.607. The van der Waals surface area contributed by atoms with Crippen molar-refractivity contribution < 1.29 is 14.6 Å². The molecular formula is C24H34O3. The zero-order chi connectivity index (χ0) is 19.5. The van der Waals surface area contributed by atoms with E-state index >= 15 is 0 Å². The van der Waals surface area contributed by atoms with Gasteiger partial charge in [-0.3, -0.25) is 4.79 Å². The molecule has 1 spiro atoms. The first-order valence-electron chi connectivity index (χ1n) is 10.4. The molecule has 0 saturated heterocycles. The van der Waals surface area contributed by atoms with Gasteiger partial charge in [0.25, 0.3) is 0 Å². The second-order valence-corrected chi connectivity index (χ2v) is 9.32. The monoisotopic (exact) mass is 370 g/mol. The fraction of sp³-hybridized carbons (Fsp3) is 0.625. The zero-order valence-corrected chi connectivity index (χ0v) is 17.0. The largest absolute Gasteiger partial charge is 0.493 e. The molecule has 2 unspecified atom stereocenters. The van der Waals surface area contributed by atoms with E-state index in [1.54, 1.807) is 0 Å². The number of benzene rings is 1. The predicted molar refractivity (Wildman–Crippen MR) is 109 cm³/mol.